The van der Waals surface area contributed by atoms with Gasteiger partial charge in [0.1, 0.15) is 6.20 Å². The largest absolute Gasteiger partial charge is 0.493 e. The summed E-state index contributed by atoms with van der Waals surface area (Å²) in [5.41, 5.74) is 1.03. The molecule has 2 rings (SSSR count). The van der Waals surface area contributed by atoms with Gasteiger partial charge in [-0.15, -0.1) is 0 Å². The van der Waals surface area contributed by atoms with Crippen molar-refractivity contribution in [3.63, 3.8) is 0 Å². The van der Waals surface area contributed by atoms with E-state index in [-0.39, 0.29) is 0 Å². The van der Waals surface area contributed by atoms with Gasteiger partial charge >= 0.3 is 5.95 Å². The minimum atomic E-state index is 0.443. The van der Waals surface area contributed by atoms with Crippen LogP contribution in [0.3, 0.4) is 0 Å². The summed E-state index contributed by atoms with van der Waals surface area (Å²) in [5.74, 6) is 2.44. The highest BCUT2D eigenvalue weighted by Crippen LogP contribution is 2.28. The van der Waals surface area contributed by atoms with Gasteiger partial charge < -0.3 is 18.6 Å². The Balaban J connectivity index is 2.13. The number of ether oxygens (including phenoxy) is 3. The van der Waals surface area contributed by atoms with Crippen molar-refractivity contribution in [2.45, 2.75) is 13.3 Å². The number of hydrogen-bond acceptors (Lipinski definition) is 5. The maximum atomic E-state index is 5.45. The minimum Gasteiger partial charge on any atom is -0.493 e. The molecule has 0 saturated carbocycles. The van der Waals surface area contributed by atoms with Crippen LogP contribution < -0.4 is 14.2 Å². The van der Waals surface area contributed by atoms with Crippen LogP contribution in [0, 0.1) is 0 Å². The molecule has 1 heterocycles. The van der Waals surface area contributed by atoms with Gasteiger partial charge in [-0.2, -0.15) is 0 Å². The molecule has 1 aromatic carbocycles. The molecule has 19 heavy (non-hydrogen) atoms. The molecule has 1 aromatic heterocycles. The Morgan fingerprint density at radius 2 is 1.95 bits per heavy atom. The number of methoxy groups -OCH3 is 2. The van der Waals surface area contributed by atoms with E-state index in [9.17, 15) is 0 Å². The fourth-order valence-electron chi connectivity index (χ4n) is 1.75. The van der Waals surface area contributed by atoms with Gasteiger partial charge in [-0.1, -0.05) is 6.07 Å². The average Bonchev–Trinajstić information content (AvgIpc) is 2.86. The molecule has 5 nitrogen and oxygen atoms in total. The quantitative estimate of drug-likeness (QED) is 0.802. The van der Waals surface area contributed by atoms with Crippen LogP contribution >= 0.6 is 0 Å². The van der Waals surface area contributed by atoms with Crippen molar-refractivity contribution in [3.8, 4) is 17.4 Å². The summed E-state index contributed by atoms with van der Waals surface area (Å²) in [7, 11) is 3.22. The van der Waals surface area contributed by atoms with Crippen LogP contribution in [0.15, 0.2) is 28.8 Å². The standard InChI is InChI=1S/C14H17NO4/c1-4-18-14-9-15-13(19-14)8-10-5-6-11(16-2)12(7-10)17-3/h5-7,9H,4,8H2,1-3H3. The van der Waals surface area contributed by atoms with Crippen molar-refractivity contribution >= 4 is 0 Å². The molecule has 0 N–H and O–H groups in total. The van der Waals surface area contributed by atoms with Crippen molar-refractivity contribution < 1.29 is 18.6 Å². The van der Waals surface area contributed by atoms with E-state index >= 15 is 0 Å². The van der Waals surface area contributed by atoms with Gasteiger partial charge in [-0.3, -0.25) is 0 Å². The number of aromatic nitrogens is 1. The molecular weight excluding hydrogens is 246 g/mol. The van der Waals surface area contributed by atoms with Gasteiger partial charge in [-0.25, -0.2) is 4.98 Å². The molecule has 5 heteroatoms. The molecule has 2 aromatic rings. The average molecular weight is 263 g/mol. The van der Waals surface area contributed by atoms with Crippen molar-refractivity contribution in [1.29, 1.82) is 0 Å². The Hall–Kier alpha value is -2.17. The molecule has 0 atom stereocenters. The maximum absolute atomic E-state index is 5.45. The van der Waals surface area contributed by atoms with Crippen molar-refractivity contribution in [2.75, 3.05) is 20.8 Å². The van der Waals surface area contributed by atoms with Crippen LogP contribution in [0.4, 0.5) is 0 Å². The monoisotopic (exact) mass is 263 g/mol. The van der Waals surface area contributed by atoms with Crippen LogP contribution in [0.1, 0.15) is 18.4 Å². The van der Waals surface area contributed by atoms with Gasteiger partial charge in [0.2, 0.25) is 5.89 Å². The topological polar surface area (TPSA) is 53.7 Å². The van der Waals surface area contributed by atoms with E-state index in [1.54, 1.807) is 20.4 Å². The van der Waals surface area contributed by atoms with Gasteiger partial charge in [0.15, 0.2) is 11.5 Å². The second kappa shape index (κ2) is 6.13. The summed E-state index contributed by atoms with van der Waals surface area (Å²) in [5, 5.41) is 0. The molecule has 0 spiro atoms. The van der Waals surface area contributed by atoms with E-state index in [2.05, 4.69) is 4.98 Å². The van der Waals surface area contributed by atoms with Crippen LogP contribution in [-0.4, -0.2) is 25.8 Å². The zero-order chi connectivity index (χ0) is 13.7. The van der Waals surface area contributed by atoms with E-state index in [1.807, 2.05) is 25.1 Å². The number of oxazole rings is 1. The third-order valence-electron chi connectivity index (χ3n) is 2.62. The fourth-order valence-corrected chi connectivity index (χ4v) is 1.75. The molecule has 0 radical (unpaired) electrons. The smallest absolute Gasteiger partial charge is 0.305 e. The summed E-state index contributed by atoms with van der Waals surface area (Å²) in [6.07, 6.45) is 2.16. The van der Waals surface area contributed by atoms with Crippen molar-refractivity contribution in [1.82, 2.24) is 4.98 Å². The maximum Gasteiger partial charge on any atom is 0.305 e. The SMILES string of the molecule is CCOc1cnc(Cc2ccc(OC)c(OC)c2)o1. The second-order valence-corrected chi connectivity index (χ2v) is 3.87. The molecule has 0 aliphatic carbocycles. The lowest BCUT2D eigenvalue weighted by atomic mass is 10.1. The summed E-state index contributed by atoms with van der Waals surface area (Å²) in [6.45, 7) is 2.46. The second-order valence-electron chi connectivity index (χ2n) is 3.87. The first-order valence-corrected chi connectivity index (χ1v) is 6.05. The van der Waals surface area contributed by atoms with E-state index in [1.165, 1.54) is 0 Å². The Labute approximate surface area is 112 Å². The first kappa shape index (κ1) is 13.3. The Bertz CT molecular complexity index is 536. The molecular formula is C14H17NO4. The van der Waals surface area contributed by atoms with Crippen LogP contribution in [-0.2, 0) is 6.42 Å². The van der Waals surface area contributed by atoms with Crippen molar-refractivity contribution in [3.05, 3.63) is 35.9 Å². The predicted octanol–water partition coefficient (Wildman–Crippen LogP) is 2.68. The van der Waals surface area contributed by atoms with E-state index < -0.39 is 0 Å². The molecule has 102 valence electrons. The summed E-state index contributed by atoms with van der Waals surface area (Å²) >= 11 is 0. The van der Waals surface area contributed by atoms with Gasteiger partial charge in [0.25, 0.3) is 0 Å². The van der Waals surface area contributed by atoms with Crippen LogP contribution in [0.25, 0.3) is 0 Å². The summed E-state index contributed by atoms with van der Waals surface area (Å²) in [4.78, 5) is 4.16. The van der Waals surface area contributed by atoms with Crippen LogP contribution in [0.2, 0.25) is 0 Å². The third-order valence-corrected chi connectivity index (χ3v) is 2.62. The molecule has 0 fully saturated rings. The first-order valence-electron chi connectivity index (χ1n) is 6.05. The van der Waals surface area contributed by atoms with E-state index in [0.29, 0.717) is 36.4 Å². The number of rotatable bonds is 6. The highest BCUT2D eigenvalue weighted by atomic mass is 16.6. The van der Waals surface area contributed by atoms with Gasteiger partial charge in [0.05, 0.1) is 20.8 Å². The Kier molecular flexibility index (Phi) is 4.28. The summed E-state index contributed by atoms with van der Waals surface area (Å²) < 4.78 is 21.1. The predicted molar refractivity (Wildman–Crippen MR) is 70.0 cm³/mol. The number of hydrogen-bond donors (Lipinski definition) is 0. The zero-order valence-corrected chi connectivity index (χ0v) is 11.3. The molecule has 0 saturated heterocycles. The molecule has 0 unspecified atom stereocenters. The van der Waals surface area contributed by atoms with E-state index in [4.69, 9.17) is 18.6 Å². The first-order chi connectivity index (χ1) is 9.26. The third kappa shape index (κ3) is 3.19. The van der Waals surface area contributed by atoms with Gasteiger partial charge in [-0.05, 0) is 24.6 Å². The molecule has 0 aliphatic rings. The highest BCUT2D eigenvalue weighted by molar-refractivity contribution is 5.43. The Morgan fingerprint density at radius 3 is 2.63 bits per heavy atom. The molecule has 0 amide bonds. The molecule has 0 bridgehead atoms. The van der Waals surface area contributed by atoms with E-state index in [0.717, 1.165) is 5.56 Å². The number of nitrogens with zero attached hydrogens (tertiary/aromatic N) is 1. The molecule has 0 aliphatic heterocycles. The highest BCUT2D eigenvalue weighted by Gasteiger charge is 2.09. The minimum absolute atomic E-state index is 0.443. The normalized spacial score (nSPS) is 10.3. The fraction of sp³-hybridized carbons (Fsp3) is 0.357. The van der Waals surface area contributed by atoms with Crippen LogP contribution in [0.5, 0.6) is 17.4 Å². The number of benzene rings is 1. The lowest BCUT2D eigenvalue weighted by Crippen LogP contribution is -1.94. The van der Waals surface area contributed by atoms with Gasteiger partial charge in [0, 0.05) is 6.42 Å². The van der Waals surface area contributed by atoms with Crippen molar-refractivity contribution in [2.24, 2.45) is 0 Å². The zero-order valence-electron chi connectivity index (χ0n) is 11.3. The Morgan fingerprint density at radius 1 is 1.16 bits per heavy atom. The lowest BCUT2D eigenvalue weighted by molar-refractivity contribution is 0.251. The summed E-state index contributed by atoms with van der Waals surface area (Å²) in [6, 6.07) is 5.72. The lowest BCUT2D eigenvalue weighted by Gasteiger charge is -2.08.